The second-order valence-electron chi connectivity index (χ2n) is 6.54. The molecule has 0 bridgehead atoms. The largest absolute Gasteiger partial charge is 0.437 e. The Balaban J connectivity index is 1.84. The Labute approximate surface area is 151 Å². The molecule has 2 atom stereocenters. The van der Waals surface area contributed by atoms with Gasteiger partial charge in [0.25, 0.3) is 0 Å². The average molecular weight is 357 g/mol. The SMILES string of the molecule is C=CCC1(c2ccc(F)cc2)CCN([C@@H](C)c2cccc(F)c2)C(=O)O1. The van der Waals surface area contributed by atoms with Crippen LogP contribution in [-0.2, 0) is 10.3 Å². The quantitative estimate of drug-likeness (QED) is 0.676. The van der Waals surface area contributed by atoms with Crippen molar-refractivity contribution in [3.05, 3.63) is 83.9 Å². The number of hydrogen-bond donors (Lipinski definition) is 0. The van der Waals surface area contributed by atoms with E-state index in [-0.39, 0.29) is 17.7 Å². The van der Waals surface area contributed by atoms with Gasteiger partial charge in [0.2, 0.25) is 0 Å². The zero-order valence-corrected chi connectivity index (χ0v) is 14.6. The number of benzene rings is 2. The highest BCUT2D eigenvalue weighted by Crippen LogP contribution is 2.39. The smallest absolute Gasteiger partial charge is 0.411 e. The number of nitrogens with zero attached hydrogens (tertiary/aromatic N) is 1. The lowest BCUT2D eigenvalue weighted by Gasteiger charge is -2.43. The van der Waals surface area contributed by atoms with Crippen LogP contribution in [-0.4, -0.2) is 17.5 Å². The molecule has 26 heavy (non-hydrogen) atoms. The fourth-order valence-electron chi connectivity index (χ4n) is 3.42. The van der Waals surface area contributed by atoms with Gasteiger partial charge in [-0.05, 0) is 42.3 Å². The number of carbonyl (C=O) groups excluding carboxylic acids is 1. The van der Waals surface area contributed by atoms with Gasteiger partial charge >= 0.3 is 6.09 Å². The van der Waals surface area contributed by atoms with Crippen LogP contribution < -0.4 is 0 Å². The molecular weight excluding hydrogens is 336 g/mol. The van der Waals surface area contributed by atoms with Crippen LogP contribution in [0.1, 0.15) is 36.9 Å². The fraction of sp³-hybridized carbons (Fsp3) is 0.286. The number of halogens is 2. The lowest BCUT2D eigenvalue weighted by atomic mass is 9.85. The minimum absolute atomic E-state index is 0.312. The molecule has 0 N–H and O–H groups in total. The van der Waals surface area contributed by atoms with E-state index in [4.69, 9.17) is 4.74 Å². The highest BCUT2D eigenvalue weighted by Gasteiger charge is 2.42. The number of rotatable bonds is 5. The van der Waals surface area contributed by atoms with E-state index in [1.165, 1.54) is 24.3 Å². The fourth-order valence-corrected chi connectivity index (χ4v) is 3.42. The lowest BCUT2D eigenvalue weighted by molar-refractivity contribution is -0.0589. The number of ether oxygens (including phenoxy) is 1. The van der Waals surface area contributed by atoms with Crippen LogP contribution in [0, 0.1) is 11.6 Å². The van der Waals surface area contributed by atoms with Crippen molar-refractivity contribution in [2.24, 2.45) is 0 Å². The van der Waals surface area contributed by atoms with Gasteiger partial charge in [-0.1, -0.05) is 30.3 Å². The topological polar surface area (TPSA) is 29.5 Å². The van der Waals surface area contributed by atoms with Crippen molar-refractivity contribution in [2.75, 3.05) is 6.54 Å². The molecule has 3 nitrogen and oxygen atoms in total. The molecule has 0 aliphatic carbocycles. The predicted octanol–water partition coefficient (Wildman–Crippen LogP) is 5.34. The minimum Gasteiger partial charge on any atom is -0.437 e. The van der Waals surface area contributed by atoms with Gasteiger partial charge in [-0.25, -0.2) is 13.6 Å². The van der Waals surface area contributed by atoms with E-state index in [1.54, 1.807) is 35.2 Å². The Morgan fingerprint density at radius 3 is 2.58 bits per heavy atom. The summed E-state index contributed by atoms with van der Waals surface area (Å²) >= 11 is 0. The average Bonchev–Trinajstić information content (AvgIpc) is 2.62. The number of carbonyl (C=O) groups is 1. The molecule has 0 spiro atoms. The first-order chi connectivity index (χ1) is 12.4. The molecule has 0 radical (unpaired) electrons. The molecule has 0 saturated carbocycles. The molecular formula is C21H21F2NO2. The van der Waals surface area contributed by atoms with Gasteiger partial charge in [0.15, 0.2) is 0 Å². The van der Waals surface area contributed by atoms with Crippen LogP contribution in [0.5, 0.6) is 0 Å². The van der Waals surface area contributed by atoms with Gasteiger partial charge in [-0.15, -0.1) is 6.58 Å². The zero-order chi connectivity index (χ0) is 18.7. The van der Waals surface area contributed by atoms with Crippen LogP contribution in [0.15, 0.2) is 61.2 Å². The maximum atomic E-state index is 13.5. The van der Waals surface area contributed by atoms with Gasteiger partial charge < -0.3 is 9.64 Å². The summed E-state index contributed by atoms with van der Waals surface area (Å²) in [7, 11) is 0. The third-order valence-electron chi connectivity index (χ3n) is 4.92. The van der Waals surface area contributed by atoms with Gasteiger partial charge in [0, 0.05) is 19.4 Å². The Morgan fingerprint density at radius 2 is 1.96 bits per heavy atom. The van der Waals surface area contributed by atoms with Crippen molar-refractivity contribution in [1.29, 1.82) is 0 Å². The molecule has 0 aromatic heterocycles. The summed E-state index contributed by atoms with van der Waals surface area (Å²) in [6.45, 7) is 6.05. The summed E-state index contributed by atoms with van der Waals surface area (Å²) in [5, 5.41) is 0. The van der Waals surface area contributed by atoms with E-state index in [2.05, 4.69) is 6.58 Å². The highest BCUT2D eigenvalue weighted by molar-refractivity contribution is 5.70. The van der Waals surface area contributed by atoms with E-state index in [9.17, 15) is 13.6 Å². The first-order valence-corrected chi connectivity index (χ1v) is 8.57. The maximum absolute atomic E-state index is 13.5. The first-order valence-electron chi connectivity index (χ1n) is 8.57. The second kappa shape index (κ2) is 7.28. The van der Waals surface area contributed by atoms with Crippen molar-refractivity contribution >= 4 is 6.09 Å². The van der Waals surface area contributed by atoms with Gasteiger partial charge in [-0.3, -0.25) is 0 Å². The summed E-state index contributed by atoms with van der Waals surface area (Å²) in [4.78, 5) is 14.3. The van der Waals surface area contributed by atoms with Crippen LogP contribution >= 0.6 is 0 Å². The van der Waals surface area contributed by atoms with Crippen molar-refractivity contribution in [3.8, 4) is 0 Å². The molecule has 5 heteroatoms. The van der Waals surface area contributed by atoms with Crippen LogP contribution in [0.3, 0.4) is 0 Å². The zero-order valence-electron chi connectivity index (χ0n) is 14.6. The maximum Gasteiger partial charge on any atom is 0.411 e. The number of amides is 1. The summed E-state index contributed by atoms with van der Waals surface area (Å²) < 4.78 is 32.6. The Kier molecular flexibility index (Phi) is 5.07. The monoisotopic (exact) mass is 357 g/mol. The highest BCUT2D eigenvalue weighted by atomic mass is 19.1. The Bertz CT molecular complexity index is 806. The molecule has 1 aliphatic rings. The molecule has 136 valence electrons. The van der Waals surface area contributed by atoms with E-state index in [1.807, 2.05) is 6.92 Å². The van der Waals surface area contributed by atoms with Gasteiger partial charge in [0.05, 0.1) is 6.04 Å². The molecule has 3 rings (SSSR count). The molecule has 1 amide bonds. The van der Waals surface area contributed by atoms with Gasteiger partial charge in [0.1, 0.15) is 17.2 Å². The van der Waals surface area contributed by atoms with Crippen molar-refractivity contribution < 1.29 is 18.3 Å². The Hall–Kier alpha value is -2.69. The van der Waals surface area contributed by atoms with E-state index < -0.39 is 11.7 Å². The summed E-state index contributed by atoms with van der Waals surface area (Å²) in [6, 6.07) is 11.9. The molecule has 1 saturated heterocycles. The molecule has 2 aromatic carbocycles. The number of cyclic esters (lactones) is 1. The lowest BCUT2D eigenvalue weighted by Crippen LogP contribution is -2.48. The van der Waals surface area contributed by atoms with Crippen molar-refractivity contribution in [3.63, 3.8) is 0 Å². The van der Waals surface area contributed by atoms with Crippen molar-refractivity contribution in [1.82, 2.24) is 4.90 Å². The minimum atomic E-state index is -0.856. The predicted molar refractivity (Wildman–Crippen MR) is 95.5 cm³/mol. The van der Waals surface area contributed by atoms with E-state index in [0.717, 1.165) is 5.56 Å². The van der Waals surface area contributed by atoms with Crippen LogP contribution in [0.25, 0.3) is 0 Å². The third-order valence-corrected chi connectivity index (χ3v) is 4.92. The van der Waals surface area contributed by atoms with Crippen LogP contribution in [0.2, 0.25) is 0 Å². The molecule has 1 heterocycles. The summed E-state index contributed by atoms with van der Waals surface area (Å²) in [5.41, 5.74) is 0.593. The molecule has 2 aromatic rings. The standard InChI is InChI=1S/C21H21F2NO2/c1-3-11-21(17-7-9-18(22)10-8-17)12-13-24(20(25)26-21)15(2)16-5-4-6-19(23)14-16/h3-10,14-15H,1,11-13H2,2H3/t15-,21?/m0/s1. The summed E-state index contributed by atoms with van der Waals surface area (Å²) in [5.74, 6) is -0.682. The normalized spacial score (nSPS) is 21.2. The van der Waals surface area contributed by atoms with Gasteiger partial charge in [-0.2, -0.15) is 0 Å². The van der Waals surface area contributed by atoms with Crippen molar-refractivity contribution in [2.45, 2.75) is 31.4 Å². The first kappa shape index (κ1) is 18.1. The molecule has 1 unspecified atom stereocenters. The molecule has 1 aliphatic heterocycles. The molecule has 1 fully saturated rings. The summed E-state index contributed by atoms with van der Waals surface area (Å²) in [6.07, 6.45) is 2.20. The van der Waals surface area contributed by atoms with E-state index >= 15 is 0 Å². The second-order valence-corrected chi connectivity index (χ2v) is 6.54. The number of hydrogen-bond acceptors (Lipinski definition) is 2. The Morgan fingerprint density at radius 1 is 1.23 bits per heavy atom. The van der Waals surface area contributed by atoms with Crippen LogP contribution in [0.4, 0.5) is 13.6 Å². The third kappa shape index (κ3) is 3.47. The van der Waals surface area contributed by atoms with E-state index in [0.29, 0.717) is 24.9 Å².